The van der Waals surface area contributed by atoms with Crippen LogP contribution in [0.3, 0.4) is 0 Å². The number of allylic oxidation sites excluding steroid dienone is 6. The minimum atomic E-state index is -0.177. The zero-order valence-corrected chi connectivity index (χ0v) is 14.6. The van der Waals surface area contributed by atoms with Crippen LogP contribution in [0.25, 0.3) is 0 Å². The van der Waals surface area contributed by atoms with Gasteiger partial charge in [-0.15, -0.1) is 6.42 Å². The van der Waals surface area contributed by atoms with Gasteiger partial charge < -0.3 is 4.74 Å². The molecule has 0 aliphatic carbocycles. The monoisotopic (exact) mass is 316 g/mol. The Kier molecular flexibility index (Phi) is 16.9. The van der Waals surface area contributed by atoms with E-state index in [1.165, 1.54) is 19.3 Å². The van der Waals surface area contributed by atoms with Crippen molar-refractivity contribution in [2.75, 3.05) is 6.61 Å². The predicted molar refractivity (Wildman–Crippen MR) is 99.1 cm³/mol. The molecule has 0 radical (unpaired) electrons. The number of esters is 1. The van der Waals surface area contributed by atoms with E-state index in [9.17, 15) is 4.79 Å². The lowest BCUT2D eigenvalue weighted by molar-refractivity contribution is -0.142. The number of hydrogen-bond acceptors (Lipinski definition) is 2. The average Bonchev–Trinajstić information content (AvgIpc) is 2.56. The Morgan fingerprint density at radius 1 is 0.913 bits per heavy atom. The maximum atomic E-state index is 11.2. The van der Waals surface area contributed by atoms with E-state index < -0.39 is 0 Å². The second kappa shape index (κ2) is 18.3. The van der Waals surface area contributed by atoms with Gasteiger partial charge in [-0.2, -0.15) is 0 Å². The summed E-state index contributed by atoms with van der Waals surface area (Å²) >= 11 is 0. The van der Waals surface area contributed by atoms with Crippen molar-refractivity contribution in [1.29, 1.82) is 0 Å². The molecule has 0 bridgehead atoms. The first-order valence-corrected chi connectivity index (χ1v) is 8.85. The molecule has 0 aliphatic rings. The van der Waals surface area contributed by atoms with Gasteiger partial charge in [0.1, 0.15) is 0 Å². The molecule has 2 heteroatoms. The van der Waals surface area contributed by atoms with Gasteiger partial charge >= 0.3 is 5.97 Å². The third-order valence-corrected chi connectivity index (χ3v) is 3.35. The average molecular weight is 316 g/mol. The third kappa shape index (κ3) is 18.2. The molecule has 0 amide bonds. The van der Waals surface area contributed by atoms with E-state index in [0.717, 1.165) is 38.5 Å². The highest BCUT2D eigenvalue weighted by Gasteiger charge is 2.00. The number of ether oxygens (including phenoxy) is 1. The van der Waals surface area contributed by atoms with E-state index in [0.29, 0.717) is 6.42 Å². The highest BCUT2D eigenvalue weighted by atomic mass is 16.5. The van der Waals surface area contributed by atoms with Gasteiger partial charge in [-0.1, -0.05) is 68.6 Å². The van der Waals surface area contributed by atoms with Crippen molar-refractivity contribution in [3.05, 3.63) is 36.5 Å². The first kappa shape index (κ1) is 21.2. The Balaban J connectivity index is 3.29. The summed E-state index contributed by atoms with van der Waals surface area (Å²) in [6, 6.07) is 0. The molecule has 0 fully saturated rings. The van der Waals surface area contributed by atoms with Crippen LogP contribution in [0.2, 0.25) is 0 Å². The number of unbranched alkanes of at least 4 members (excludes halogenated alkanes) is 5. The molecule has 0 saturated carbocycles. The summed E-state index contributed by atoms with van der Waals surface area (Å²) in [4.78, 5) is 11.2. The van der Waals surface area contributed by atoms with Crippen LogP contribution in [-0.4, -0.2) is 12.6 Å². The summed E-state index contributed by atoms with van der Waals surface area (Å²) in [6.07, 6.45) is 28.8. The molecule has 0 spiro atoms. The number of terminal acetylenes is 1. The summed E-state index contributed by atoms with van der Waals surface area (Å²) in [7, 11) is 0. The standard InChI is InChI=1S/C21H32O2/c1-3-5-6-7-8-9-10-11-12-13-14-15-16-17-18-19-21(22)23-20-4-2/h2,5-6,8-9,11-12H,3,7,10,13-20H2,1H3. The van der Waals surface area contributed by atoms with Crippen molar-refractivity contribution in [3.63, 3.8) is 0 Å². The Morgan fingerprint density at radius 3 is 2.22 bits per heavy atom. The molecule has 0 aromatic rings. The molecule has 0 saturated heterocycles. The molecule has 0 rings (SSSR count). The molecule has 2 nitrogen and oxygen atoms in total. The van der Waals surface area contributed by atoms with Crippen LogP contribution in [0.15, 0.2) is 36.5 Å². The van der Waals surface area contributed by atoms with Gasteiger partial charge in [0.2, 0.25) is 0 Å². The van der Waals surface area contributed by atoms with Crippen LogP contribution in [0.5, 0.6) is 0 Å². The minimum Gasteiger partial charge on any atom is -0.452 e. The van der Waals surface area contributed by atoms with Gasteiger partial charge in [0, 0.05) is 6.42 Å². The molecular weight excluding hydrogens is 284 g/mol. The van der Waals surface area contributed by atoms with E-state index in [2.05, 4.69) is 49.3 Å². The zero-order valence-electron chi connectivity index (χ0n) is 14.6. The summed E-state index contributed by atoms with van der Waals surface area (Å²) in [6.45, 7) is 2.24. The maximum absolute atomic E-state index is 11.2. The lowest BCUT2D eigenvalue weighted by Gasteiger charge is -2.01. The SMILES string of the molecule is C#CCOC(=O)CCCCCCCC=CCC=CCC=CCC. The van der Waals surface area contributed by atoms with Crippen LogP contribution < -0.4 is 0 Å². The van der Waals surface area contributed by atoms with Crippen LogP contribution in [0.4, 0.5) is 0 Å². The Bertz CT molecular complexity index is 397. The molecule has 0 N–H and O–H groups in total. The number of hydrogen-bond donors (Lipinski definition) is 0. The first-order valence-electron chi connectivity index (χ1n) is 8.85. The zero-order chi connectivity index (χ0) is 17.0. The highest BCUT2D eigenvalue weighted by Crippen LogP contribution is 2.08. The smallest absolute Gasteiger partial charge is 0.306 e. The number of carbonyl (C=O) groups excluding carboxylic acids is 1. The van der Waals surface area contributed by atoms with Gasteiger partial charge in [-0.3, -0.25) is 4.79 Å². The van der Waals surface area contributed by atoms with Crippen LogP contribution >= 0.6 is 0 Å². The summed E-state index contributed by atoms with van der Waals surface area (Å²) < 4.78 is 4.82. The fraction of sp³-hybridized carbons (Fsp3) is 0.571. The van der Waals surface area contributed by atoms with Crippen LogP contribution in [-0.2, 0) is 9.53 Å². The van der Waals surface area contributed by atoms with E-state index in [1.54, 1.807) is 0 Å². The van der Waals surface area contributed by atoms with Crippen molar-refractivity contribution in [3.8, 4) is 12.3 Å². The maximum Gasteiger partial charge on any atom is 0.306 e. The van der Waals surface area contributed by atoms with E-state index >= 15 is 0 Å². The van der Waals surface area contributed by atoms with Gasteiger partial charge in [0.25, 0.3) is 0 Å². The molecule has 0 aromatic carbocycles. The number of carbonyl (C=O) groups is 1. The van der Waals surface area contributed by atoms with Crippen molar-refractivity contribution in [1.82, 2.24) is 0 Å². The highest BCUT2D eigenvalue weighted by molar-refractivity contribution is 5.69. The summed E-state index contributed by atoms with van der Waals surface area (Å²) in [5.74, 6) is 2.12. The normalized spacial score (nSPS) is 11.5. The molecule has 0 unspecified atom stereocenters. The third-order valence-electron chi connectivity index (χ3n) is 3.35. The second-order valence-corrected chi connectivity index (χ2v) is 5.47. The topological polar surface area (TPSA) is 26.3 Å². The largest absolute Gasteiger partial charge is 0.452 e. The van der Waals surface area contributed by atoms with Crippen molar-refractivity contribution < 1.29 is 9.53 Å². The Labute approximate surface area is 142 Å². The quantitative estimate of drug-likeness (QED) is 0.176. The van der Waals surface area contributed by atoms with E-state index in [-0.39, 0.29) is 12.6 Å². The second-order valence-electron chi connectivity index (χ2n) is 5.47. The molecule has 0 atom stereocenters. The van der Waals surface area contributed by atoms with Gasteiger partial charge in [0.05, 0.1) is 0 Å². The summed E-state index contributed by atoms with van der Waals surface area (Å²) in [5.41, 5.74) is 0. The van der Waals surface area contributed by atoms with Gasteiger partial charge in [0.15, 0.2) is 6.61 Å². The van der Waals surface area contributed by atoms with Gasteiger partial charge in [-0.25, -0.2) is 0 Å². The van der Waals surface area contributed by atoms with Crippen molar-refractivity contribution >= 4 is 5.97 Å². The van der Waals surface area contributed by atoms with Crippen LogP contribution in [0, 0.1) is 12.3 Å². The fourth-order valence-electron chi connectivity index (χ4n) is 2.08. The first-order chi connectivity index (χ1) is 11.3. The lowest BCUT2D eigenvalue weighted by atomic mass is 10.1. The Hall–Kier alpha value is -1.75. The van der Waals surface area contributed by atoms with Gasteiger partial charge in [-0.05, 0) is 38.5 Å². The summed E-state index contributed by atoms with van der Waals surface area (Å²) in [5, 5.41) is 0. The van der Waals surface area contributed by atoms with Crippen molar-refractivity contribution in [2.24, 2.45) is 0 Å². The van der Waals surface area contributed by atoms with E-state index in [1.807, 2.05) is 0 Å². The van der Waals surface area contributed by atoms with Crippen molar-refractivity contribution in [2.45, 2.75) is 71.1 Å². The molecule has 0 heterocycles. The molecule has 0 aromatic heterocycles. The minimum absolute atomic E-state index is 0.0931. The molecular formula is C21H32O2. The molecule has 0 aliphatic heterocycles. The Morgan fingerprint density at radius 2 is 1.52 bits per heavy atom. The number of rotatable bonds is 14. The van der Waals surface area contributed by atoms with Crippen LogP contribution in [0.1, 0.15) is 71.1 Å². The lowest BCUT2D eigenvalue weighted by Crippen LogP contribution is -2.03. The molecule has 23 heavy (non-hydrogen) atoms. The predicted octanol–water partition coefficient (Wildman–Crippen LogP) is 5.75. The van der Waals surface area contributed by atoms with E-state index in [4.69, 9.17) is 11.2 Å². The molecule has 128 valence electrons. The fourth-order valence-corrected chi connectivity index (χ4v) is 2.08.